The zero-order valence-electron chi connectivity index (χ0n) is 17.7. The predicted octanol–water partition coefficient (Wildman–Crippen LogP) is 1.46. The molecule has 0 atom stereocenters. The van der Waals surface area contributed by atoms with Crippen LogP contribution in [0.25, 0.3) is 0 Å². The van der Waals surface area contributed by atoms with Crippen LogP contribution in [-0.2, 0) is 18.3 Å². The molecule has 8 nitrogen and oxygen atoms in total. The number of aliphatic imine (C=N–C) groups is 1. The Balaban J connectivity index is 1.95. The number of hydrogen-bond acceptors (Lipinski definition) is 5. The average Bonchev–Trinajstić information content (AvgIpc) is 2.99. The van der Waals surface area contributed by atoms with Crippen molar-refractivity contribution in [3.8, 4) is 0 Å². The molecule has 1 fully saturated rings. The number of aromatic nitrogens is 3. The highest BCUT2D eigenvalue weighted by Gasteiger charge is 2.27. The van der Waals surface area contributed by atoms with Gasteiger partial charge in [-0.2, -0.15) is 0 Å². The lowest BCUT2D eigenvalue weighted by Gasteiger charge is -2.41. The molecule has 0 aliphatic carbocycles. The van der Waals surface area contributed by atoms with Crippen molar-refractivity contribution in [2.24, 2.45) is 12.0 Å². The normalized spacial score (nSPS) is 16.6. The summed E-state index contributed by atoms with van der Waals surface area (Å²) in [7, 11) is 3.70. The van der Waals surface area contributed by atoms with Crippen molar-refractivity contribution in [3.63, 3.8) is 0 Å². The minimum Gasteiger partial charge on any atom is -0.385 e. The van der Waals surface area contributed by atoms with E-state index >= 15 is 0 Å². The molecule has 0 saturated carbocycles. The number of hydrogen-bond donors (Lipinski definition) is 2. The molecule has 0 unspecified atom stereocenters. The van der Waals surface area contributed by atoms with Crippen LogP contribution in [0.4, 0.5) is 0 Å². The molecule has 1 saturated heterocycles. The number of likely N-dealkylation sites (tertiary alicyclic amines) is 1. The first kappa shape index (κ1) is 21.6. The zero-order chi connectivity index (χ0) is 19.7. The summed E-state index contributed by atoms with van der Waals surface area (Å²) in [6.45, 7) is 11.8. The molecule has 0 spiro atoms. The van der Waals surface area contributed by atoms with Crippen molar-refractivity contribution in [1.29, 1.82) is 0 Å². The Morgan fingerprint density at radius 2 is 1.93 bits per heavy atom. The van der Waals surface area contributed by atoms with E-state index in [1.807, 2.05) is 18.5 Å². The second-order valence-corrected chi connectivity index (χ2v) is 7.87. The van der Waals surface area contributed by atoms with Gasteiger partial charge in [0.05, 0.1) is 0 Å². The quantitative estimate of drug-likeness (QED) is 0.384. The number of piperidine rings is 1. The molecule has 1 aliphatic heterocycles. The zero-order valence-corrected chi connectivity index (χ0v) is 17.7. The first-order valence-corrected chi connectivity index (χ1v) is 10.0. The van der Waals surface area contributed by atoms with E-state index in [9.17, 15) is 0 Å². The Bertz CT molecular complexity index is 591. The summed E-state index contributed by atoms with van der Waals surface area (Å²) in [5.74, 6) is 2.58. The summed E-state index contributed by atoms with van der Waals surface area (Å²) in [6, 6.07) is 0. The molecule has 154 valence electrons. The molecular formula is C19H37N7O. The van der Waals surface area contributed by atoms with Crippen LogP contribution in [0.2, 0.25) is 0 Å². The fourth-order valence-corrected chi connectivity index (χ4v) is 3.25. The maximum absolute atomic E-state index is 5.14. The van der Waals surface area contributed by atoms with Crippen LogP contribution in [0, 0.1) is 6.92 Å². The summed E-state index contributed by atoms with van der Waals surface area (Å²) in [6.07, 6.45) is 4.89. The number of methoxy groups -OCH3 is 1. The summed E-state index contributed by atoms with van der Waals surface area (Å²) in [4.78, 5) is 7.31. The highest BCUT2D eigenvalue weighted by atomic mass is 16.5. The lowest BCUT2D eigenvalue weighted by atomic mass is 9.98. The van der Waals surface area contributed by atoms with Crippen LogP contribution in [0.3, 0.4) is 0 Å². The molecule has 8 heteroatoms. The largest absolute Gasteiger partial charge is 0.385 e. The predicted molar refractivity (Wildman–Crippen MR) is 109 cm³/mol. The van der Waals surface area contributed by atoms with Gasteiger partial charge in [0.1, 0.15) is 12.4 Å². The highest BCUT2D eigenvalue weighted by molar-refractivity contribution is 5.79. The molecule has 2 heterocycles. The third-order valence-corrected chi connectivity index (χ3v) is 5.28. The van der Waals surface area contributed by atoms with Crippen molar-refractivity contribution in [1.82, 2.24) is 30.3 Å². The van der Waals surface area contributed by atoms with Crippen molar-refractivity contribution < 1.29 is 4.74 Å². The molecule has 1 aliphatic rings. The summed E-state index contributed by atoms with van der Waals surface area (Å²) in [5, 5.41) is 15.2. The van der Waals surface area contributed by atoms with E-state index < -0.39 is 0 Å². The first-order valence-electron chi connectivity index (χ1n) is 10.0. The van der Waals surface area contributed by atoms with Crippen LogP contribution < -0.4 is 10.6 Å². The summed E-state index contributed by atoms with van der Waals surface area (Å²) in [5.41, 5.74) is 0.0940. The van der Waals surface area contributed by atoms with Gasteiger partial charge in [0.25, 0.3) is 0 Å². The molecule has 2 N–H and O–H groups in total. The maximum atomic E-state index is 5.14. The number of nitrogens with zero attached hydrogens (tertiary/aromatic N) is 5. The topological polar surface area (TPSA) is 79.6 Å². The van der Waals surface area contributed by atoms with E-state index in [0.29, 0.717) is 6.54 Å². The van der Waals surface area contributed by atoms with Gasteiger partial charge in [-0.25, -0.2) is 4.99 Å². The number of aryl methyl sites for hydroxylation is 1. The smallest absolute Gasteiger partial charge is 0.191 e. The SMILES string of the molecule is COCCCNC(=NCc1nnc(C)n1C)NCC(C)(C)N1CCCCC1. The Morgan fingerprint density at radius 3 is 2.56 bits per heavy atom. The number of guanidine groups is 1. The molecular weight excluding hydrogens is 342 g/mol. The van der Waals surface area contributed by atoms with E-state index in [4.69, 9.17) is 9.73 Å². The average molecular weight is 380 g/mol. The first-order chi connectivity index (χ1) is 12.9. The Labute approximate surface area is 163 Å². The lowest BCUT2D eigenvalue weighted by molar-refractivity contribution is 0.0982. The second kappa shape index (κ2) is 10.6. The van der Waals surface area contributed by atoms with Crippen LogP contribution in [0.15, 0.2) is 4.99 Å². The van der Waals surface area contributed by atoms with Crippen molar-refractivity contribution in [3.05, 3.63) is 11.6 Å². The van der Waals surface area contributed by atoms with Crippen molar-refractivity contribution in [2.75, 3.05) is 39.9 Å². The highest BCUT2D eigenvalue weighted by Crippen LogP contribution is 2.19. The minimum absolute atomic E-state index is 0.0940. The third-order valence-electron chi connectivity index (χ3n) is 5.28. The molecule has 2 rings (SSSR count). The Kier molecular flexibility index (Phi) is 8.50. The summed E-state index contributed by atoms with van der Waals surface area (Å²) < 4.78 is 7.11. The van der Waals surface area contributed by atoms with Gasteiger partial charge >= 0.3 is 0 Å². The van der Waals surface area contributed by atoms with E-state index in [-0.39, 0.29) is 5.54 Å². The monoisotopic (exact) mass is 379 g/mol. The molecule has 0 bridgehead atoms. The fourth-order valence-electron chi connectivity index (χ4n) is 3.25. The van der Waals surface area contributed by atoms with Crippen LogP contribution in [0.1, 0.15) is 51.2 Å². The van der Waals surface area contributed by atoms with E-state index in [0.717, 1.165) is 43.7 Å². The Morgan fingerprint density at radius 1 is 1.19 bits per heavy atom. The number of rotatable bonds is 9. The summed E-state index contributed by atoms with van der Waals surface area (Å²) >= 11 is 0. The van der Waals surface area contributed by atoms with Crippen LogP contribution in [-0.4, -0.2) is 71.1 Å². The molecule has 0 aromatic carbocycles. The maximum Gasteiger partial charge on any atom is 0.191 e. The standard InChI is InChI=1S/C19H37N7O/c1-16-23-24-17(25(16)4)14-21-18(20-10-9-13-27-5)22-15-19(2,3)26-11-7-6-8-12-26/h6-15H2,1-5H3,(H2,20,21,22). The fraction of sp³-hybridized carbons (Fsp3) is 0.842. The second-order valence-electron chi connectivity index (χ2n) is 7.87. The van der Waals surface area contributed by atoms with Gasteiger partial charge in [0.2, 0.25) is 0 Å². The van der Waals surface area contributed by atoms with E-state index in [2.05, 4.69) is 39.6 Å². The molecule has 27 heavy (non-hydrogen) atoms. The third kappa shape index (κ3) is 6.77. The van der Waals surface area contributed by atoms with Gasteiger partial charge in [-0.1, -0.05) is 6.42 Å². The van der Waals surface area contributed by atoms with Gasteiger partial charge in [-0.3, -0.25) is 4.90 Å². The molecule has 0 radical (unpaired) electrons. The lowest BCUT2D eigenvalue weighted by Crippen LogP contribution is -2.55. The Hall–Kier alpha value is -1.67. The minimum atomic E-state index is 0.0940. The van der Waals surface area contributed by atoms with Gasteiger partial charge in [0.15, 0.2) is 11.8 Å². The van der Waals surface area contributed by atoms with E-state index in [1.54, 1.807) is 7.11 Å². The van der Waals surface area contributed by atoms with Crippen LogP contribution >= 0.6 is 0 Å². The van der Waals surface area contributed by atoms with Gasteiger partial charge in [0, 0.05) is 39.4 Å². The van der Waals surface area contributed by atoms with E-state index in [1.165, 1.54) is 32.4 Å². The van der Waals surface area contributed by atoms with Crippen LogP contribution in [0.5, 0.6) is 0 Å². The van der Waals surface area contributed by atoms with Crippen molar-refractivity contribution >= 4 is 5.96 Å². The number of ether oxygens (including phenoxy) is 1. The molecule has 1 aromatic rings. The molecule has 0 amide bonds. The van der Waals surface area contributed by atoms with Gasteiger partial charge in [-0.05, 0) is 53.1 Å². The van der Waals surface area contributed by atoms with Gasteiger partial charge in [-0.15, -0.1) is 10.2 Å². The number of nitrogens with one attached hydrogen (secondary N) is 2. The van der Waals surface area contributed by atoms with Gasteiger partial charge < -0.3 is 19.9 Å². The molecule has 1 aromatic heterocycles. The van der Waals surface area contributed by atoms with Crippen molar-refractivity contribution in [2.45, 2.75) is 58.5 Å².